The second-order valence-corrected chi connectivity index (χ2v) is 8.08. The number of piperidine rings is 1. The molecule has 1 N–H and O–H groups in total. The molecule has 146 valence electrons. The third kappa shape index (κ3) is 2.72. The lowest BCUT2D eigenvalue weighted by Crippen LogP contribution is -2.59. The summed E-state index contributed by atoms with van der Waals surface area (Å²) in [5, 5.41) is 0. The SMILES string of the molecule is O=C(c1cccc(F)c1)N1CCC2(CC1)c1nc[nH]c1CCN2C(=O)C1CC1. The first kappa shape index (κ1) is 17.4. The van der Waals surface area contributed by atoms with Crippen molar-refractivity contribution in [2.24, 2.45) is 5.92 Å². The number of benzene rings is 1. The number of imidazole rings is 1. The lowest BCUT2D eigenvalue weighted by Gasteiger charge is -2.50. The Labute approximate surface area is 162 Å². The quantitative estimate of drug-likeness (QED) is 0.868. The summed E-state index contributed by atoms with van der Waals surface area (Å²) in [5.74, 6) is -0.177. The Hall–Kier alpha value is -2.70. The van der Waals surface area contributed by atoms with Crippen LogP contribution in [0.25, 0.3) is 0 Å². The second kappa shape index (κ2) is 6.43. The van der Waals surface area contributed by atoms with E-state index < -0.39 is 11.4 Å². The Morgan fingerprint density at radius 2 is 1.96 bits per heavy atom. The van der Waals surface area contributed by atoms with Crippen molar-refractivity contribution >= 4 is 11.8 Å². The molecule has 1 saturated heterocycles. The summed E-state index contributed by atoms with van der Waals surface area (Å²) in [5.41, 5.74) is 1.99. The number of hydrogen-bond donors (Lipinski definition) is 1. The summed E-state index contributed by atoms with van der Waals surface area (Å²) in [6, 6.07) is 5.82. The molecule has 2 fully saturated rings. The maximum atomic E-state index is 13.5. The number of hydrogen-bond acceptors (Lipinski definition) is 3. The minimum absolute atomic E-state index is 0.157. The van der Waals surface area contributed by atoms with E-state index in [1.807, 2.05) is 4.90 Å². The zero-order chi connectivity index (χ0) is 19.3. The number of carbonyl (C=O) groups is 2. The van der Waals surface area contributed by atoms with E-state index >= 15 is 0 Å². The van der Waals surface area contributed by atoms with E-state index in [-0.39, 0.29) is 17.7 Å². The minimum Gasteiger partial charge on any atom is -0.348 e. The van der Waals surface area contributed by atoms with Crippen molar-refractivity contribution in [1.29, 1.82) is 0 Å². The van der Waals surface area contributed by atoms with Crippen molar-refractivity contribution in [2.45, 2.75) is 37.6 Å². The number of aromatic amines is 1. The number of halogens is 1. The van der Waals surface area contributed by atoms with Crippen LogP contribution in [0.15, 0.2) is 30.6 Å². The van der Waals surface area contributed by atoms with Crippen molar-refractivity contribution in [3.63, 3.8) is 0 Å². The van der Waals surface area contributed by atoms with Gasteiger partial charge in [-0.05, 0) is 43.9 Å². The van der Waals surface area contributed by atoms with E-state index in [1.54, 1.807) is 23.4 Å². The van der Waals surface area contributed by atoms with E-state index in [9.17, 15) is 14.0 Å². The van der Waals surface area contributed by atoms with Gasteiger partial charge in [0.05, 0.1) is 17.6 Å². The molecule has 1 saturated carbocycles. The highest BCUT2D eigenvalue weighted by Crippen LogP contribution is 2.45. The monoisotopic (exact) mass is 382 g/mol. The molecule has 7 heteroatoms. The second-order valence-electron chi connectivity index (χ2n) is 8.08. The summed E-state index contributed by atoms with van der Waals surface area (Å²) < 4.78 is 13.5. The summed E-state index contributed by atoms with van der Waals surface area (Å²) in [6.45, 7) is 1.74. The molecule has 6 nitrogen and oxygen atoms in total. The molecule has 0 bridgehead atoms. The van der Waals surface area contributed by atoms with Crippen LogP contribution in [0.2, 0.25) is 0 Å². The lowest BCUT2D eigenvalue weighted by atomic mass is 9.78. The van der Waals surface area contributed by atoms with Gasteiger partial charge in [-0.25, -0.2) is 9.37 Å². The van der Waals surface area contributed by atoms with E-state index in [4.69, 9.17) is 0 Å². The fraction of sp³-hybridized carbons (Fsp3) is 0.476. The molecular weight excluding hydrogens is 359 g/mol. The maximum absolute atomic E-state index is 13.5. The smallest absolute Gasteiger partial charge is 0.253 e. The fourth-order valence-corrected chi connectivity index (χ4v) is 4.74. The van der Waals surface area contributed by atoms with Crippen LogP contribution in [0.5, 0.6) is 0 Å². The normalized spacial score (nSPS) is 20.9. The molecule has 0 unspecified atom stereocenters. The number of aromatic nitrogens is 2. The Morgan fingerprint density at radius 1 is 1.18 bits per heavy atom. The first-order chi connectivity index (χ1) is 13.6. The van der Waals surface area contributed by atoms with Gasteiger partial charge >= 0.3 is 0 Å². The highest BCUT2D eigenvalue weighted by atomic mass is 19.1. The maximum Gasteiger partial charge on any atom is 0.253 e. The van der Waals surface area contributed by atoms with Gasteiger partial charge in [0.1, 0.15) is 5.82 Å². The van der Waals surface area contributed by atoms with Gasteiger partial charge in [0.15, 0.2) is 0 Å². The predicted octanol–water partition coefficient (Wildman–Crippen LogP) is 2.48. The molecule has 0 radical (unpaired) electrons. The summed E-state index contributed by atoms with van der Waals surface area (Å²) in [6.07, 6.45) is 5.77. The number of likely N-dealkylation sites (tertiary alicyclic amines) is 1. The predicted molar refractivity (Wildman–Crippen MR) is 99.9 cm³/mol. The van der Waals surface area contributed by atoms with Gasteiger partial charge in [-0.1, -0.05) is 6.07 Å². The third-order valence-corrected chi connectivity index (χ3v) is 6.40. The molecule has 1 aromatic heterocycles. The summed E-state index contributed by atoms with van der Waals surface area (Å²) in [7, 11) is 0. The molecule has 1 aliphatic carbocycles. The summed E-state index contributed by atoms with van der Waals surface area (Å²) in [4.78, 5) is 37.4. The number of nitrogens with one attached hydrogen (secondary N) is 1. The number of H-pyrrole nitrogens is 1. The molecule has 2 aromatic rings. The Bertz CT molecular complexity index is 928. The van der Waals surface area contributed by atoms with Gasteiger partial charge in [-0.15, -0.1) is 0 Å². The Morgan fingerprint density at radius 3 is 2.68 bits per heavy atom. The van der Waals surface area contributed by atoms with Crippen LogP contribution in [0.3, 0.4) is 0 Å². The number of nitrogens with zero attached hydrogens (tertiary/aromatic N) is 3. The van der Waals surface area contributed by atoms with E-state index in [0.717, 1.165) is 30.7 Å². The largest absolute Gasteiger partial charge is 0.348 e. The molecule has 5 rings (SSSR count). The highest BCUT2D eigenvalue weighted by Gasteiger charge is 2.51. The zero-order valence-electron chi connectivity index (χ0n) is 15.7. The molecule has 3 heterocycles. The molecule has 2 amide bonds. The van der Waals surface area contributed by atoms with Crippen LogP contribution >= 0.6 is 0 Å². The topological polar surface area (TPSA) is 69.3 Å². The van der Waals surface area contributed by atoms with Gasteiger partial charge in [0.25, 0.3) is 5.91 Å². The van der Waals surface area contributed by atoms with E-state index in [0.29, 0.717) is 38.0 Å². The van der Waals surface area contributed by atoms with Crippen LogP contribution in [0.4, 0.5) is 4.39 Å². The van der Waals surface area contributed by atoms with Gasteiger partial charge in [0, 0.05) is 43.2 Å². The average molecular weight is 382 g/mol. The zero-order valence-corrected chi connectivity index (χ0v) is 15.7. The Kier molecular flexibility index (Phi) is 4.00. The molecule has 1 aromatic carbocycles. The van der Waals surface area contributed by atoms with E-state index in [2.05, 4.69) is 9.97 Å². The minimum atomic E-state index is -0.439. The first-order valence-electron chi connectivity index (χ1n) is 9.97. The van der Waals surface area contributed by atoms with Crippen LogP contribution < -0.4 is 0 Å². The van der Waals surface area contributed by atoms with Gasteiger partial charge in [0.2, 0.25) is 5.91 Å². The van der Waals surface area contributed by atoms with Gasteiger partial charge in [-0.3, -0.25) is 9.59 Å². The molecule has 1 spiro atoms. The van der Waals surface area contributed by atoms with Crippen molar-refractivity contribution in [3.05, 3.63) is 53.4 Å². The van der Waals surface area contributed by atoms with E-state index in [1.165, 1.54) is 12.1 Å². The fourth-order valence-electron chi connectivity index (χ4n) is 4.74. The lowest BCUT2D eigenvalue weighted by molar-refractivity contribution is -0.143. The third-order valence-electron chi connectivity index (χ3n) is 6.40. The van der Waals surface area contributed by atoms with Crippen LogP contribution in [-0.2, 0) is 16.8 Å². The summed E-state index contributed by atoms with van der Waals surface area (Å²) >= 11 is 0. The van der Waals surface area contributed by atoms with Crippen LogP contribution in [-0.4, -0.2) is 51.2 Å². The molecule has 2 aliphatic heterocycles. The highest BCUT2D eigenvalue weighted by molar-refractivity contribution is 5.94. The van der Waals surface area contributed by atoms with Crippen LogP contribution in [0, 0.1) is 11.7 Å². The molecule has 28 heavy (non-hydrogen) atoms. The van der Waals surface area contributed by atoms with Crippen molar-refractivity contribution in [2.75, 3.05) is 19.6 Å². The van der Waals surface area contributed by atoms with Crippen molar-refractivity contribution in [3.8, 4) is 0 Å². The van der Waals surface area contributed by atoms with Crippen molar-refractivity contribution < 1.29 is 14.0 Å². The average Bonchev–Trinajstić information content (AvgIpc) is 3.45. The number of rotatable bonds is 2. The van der Waals surface area contributed by atoms with Gasteiger partial charge in [-0.2, -0.15) is 0 Å². The number of carbonyl (C=O) groups excluding carboxylic acids is 2. The molecular formula is C21H23FN4O2. The van der Waals surface area contributed by atoms with Crippen LogP contribution in [0.1, 0.15) is 47.4 Å². The Balaban J connectivity index is 1.41. The molecule has 0 atom stereocenters. The number of fused-ring (bicyclic) bond motifs is 2. The standard InChI is InChI=1S/C21H23FN4O2/c22-16-3-1-2-15(12-16)19(27)25-10-7-21(8-11-25)18-17(23-13-24-18)6-9-26(21)20(28)14-4-5-14/h1-3,12-14H,4-11H2,(H,23,24). The first-order valence-corrected chi connectivity index (χ1v) is 9.97. The molecule has 3 aliphatic rings. The van der Waals surface area contributed by atoms with Gasteiger partial charge < -0.3 is 14.8 Å². The van der Waals surface area contributed by atoms with Crippen molar-refractivity contribution in [1.82, 2.24) is 19.8 Å². The number of amides is 2.